The van der Waals surface area contributed by atoms with E-state index < -0.39 is 18.0 Å². The zero-order chi connectivity index (χ0) is 30.4. The molecule has 2 heterocycles. The van der Waals surface area contributed by atoms with Crippen LogP contribution in [0.15, 0.2) is 88.4 Å². The van der Waals surface area contributed by atoms with Gasteiger partial charge in [-0.15, -0.1) is 6.58 Å². The summed E-state index contributed by atoms with van der Waals surface area (Å²) in [5.41, 5.74) is 10.4. The van der Waals surface area contributed by atoms with Crippen LogP contribution in [-0.4, -0.2) is 33.5 Å². The van der Waals surface area contributed by atoms with Crippen LogP contribution in [0.1, 0.15) is 48.1 Å². The maximum Gasteiger partial charge on any atom is 0.265 e. The topological polar surface area (TPSA) is 110 Å². The number of anilines is 1. The molecule has 0 saturated heterocycles. The third-order valence-corrected chi connectivity index (χ3v) is 7.13. The predicted molar refractivity (Wildman–Crippen MR) is 171 cm³/mol. The lowest BCUT2D eigenvalue weighted by Gasteiger charge is -2.16. The minimum Gasteiger partial charge on any atom is -0.392 e. The standard InChI is InChI=1S/C30H31FN6O2.C3H6/c1-18-11-22(15-36(18)3)34-17-35-28(32)14-26(33-2)23-5-4-6-27(24(23)16-38)37-10-9-20-12-21(19-7-8-19)13-25(31)29(20)30(37)39;1-3-2/h4-6,9-15,19,34,38H,2,7-8,16-17H2,1,3H3,(H2,32,35);3H,1H2,2H3/b26-14-;. The van der Waals surface area contributed by atoms with Gasteiger partial charge in [0.15, 0.2) is 0 Å². The second-order valence-electron chi connectivity index (χ2n) is 10.2. The molecule has 0 atom stereocenters. The number of aryl methyl sites for hydroxylation is 2. The molecule has 0 radical (unpaired) electrons. The van der Waals surface area contributed by atoms with E-state index >= 15 is 4.39 Å². The van der Waals surface area contributed by atoms with Crippen LogP contribution in [0, 0.1) is 12.7 Å². The van der Waals surface area contributed by atoms with Crippen molar-refractivity contribution >= 4 is 34.7 Å². The highest BCUT2D eigenvalue weighted by atomic mass is 19.1. The summed E-state index contributed by atoms with van der Waals surface area (Å²) in [6.07, 6.45) is 8.96. The summed E-state index contributed by atoms with van der Waals surface area (Å²) in [5.74, 6) is 0.0465. The second-order valence-corrected chi connectivity index (χ2v) is 10.2. The highest BCUT2D eigenvalue weighted by Gasteiger charge is 2.25. The number of aromatic nitrogens is 2. The number of aliphatic hydroxyl groups excluding tert-OH is 1. The summed E-state index contributed by atoms with van der Waals surface area (Å²) < 4.78 is 18.4. The van der Waals surface area contributed by atoms with Crippen LogP contribution in [0.3, 0.4) is 0 Å². The Hall–Kier alpha value is -4.76. The molecule has 0 bridgehead atoms. The number of aliphatic imine (C=N–C) groups is 2. The van der Waals surface area contributed by atoms with Gasteiger partial charge in [0.2, 0.25) is 0 Å². The molecule has 0 unspecified atom stereocenters. The number of amidine groups is 1. The minimum absolute atomic E-state index is 0.0197. The SMILES string of the molecule is C=CC.C=N/C(=C\C(N)=N/CNc1cc(C)n(C)c1)c1cccc(-n2ccc3cc(C4CC4)cc(F)c3c2=O)c1CO. The van der Waals surface area contributed by atoms with Gasteiger partial charge in [-0.3, -0.25) is 14.4 Å². The summed E-state index contributed by atoms with van der Waals surface area (Å²) in [4.78, 5) is 21.9. The van der Waals surface area contributed by atoms with Crippen LogP contribution < -0.4 is 16.6 Å². The summed E-state index contributed by atoms with van der Waals surface area (Å²) in [7, 11) is 1.96. The Kier molecular flexibility index (Phi) is 9.54. The van der Waals surface area contributed by atoms with Gasteiger partial charge in [0.05, 0.1) is 29.1 Å². The van der Waals surface area contributed by atoms with Gasteiger partial charge in [-0.05, 0) is 74.5 Å². The average Bonchev–Trinajstić information content (AvgIpc) is 3.76. The lowest BCUT2D eigenvalue weighted by atomic mass is 10.0. The molecule has 1 aliphatic carbocycles. The van der Waals surface area contributed by atoms with Crippen LogP contribution in [0.4, 0.5) is 10.1 Å². The molecule has 8 nitrogen and oxygen atoms in total. The Morgan fingerprint density at radius 2 is 2.00 bits per heavy atom. The molecule has 2 aromatic carbocycles. The summed E-state index contributed by atoms with van der Waals surface area (Å²) >= 11 is 0. The van der Waals surface area contributed by atoms with Crippen LogP contribution in [-0.2, 0) is 13.7 Å². The zero-order valence-corrected chi connectivity index (χ0v) is 24.3. The predicted octanol–water partition coefficient (Wildman–Crippen LogP) is 5.81. The largest absolute Gasteiger partial charge is 0.392 e. The van der Waals surface area contributed by atoms with Gasteiger partial charge in [0.25, 0.3) is 5.56 Å². The van der Waals surface area contributed by atoms with E-state index in [0.717, 1.165) is 29.8 Å². The monoisotopic (exact) mass is 568 g/mol. The number of aliphatic hydroxyl groups is 1. The van der Waals surface area contributed by atoms with Gasteiger partial charge in [-0.2, -0.15) is 0 Å². The van der Waals surface area contributed by atoms with Gasteiger partial charge in [0.1, 0.15) is 18.3 Å². The Balaban J connectivity index is 0.00000129. The van der Waals surface area contributed by atoms with Crippen molar-refractivity contribution in [1.29, 1.82) is 0 Å². The van der Waals surface area contributed by atoms with Crippen molar-refractivity contribution in [3.05, 3.63) is 112 Å². The number of allylic oxidation sites excluding steroid dienone is 1. The third kappa shape index (κ3) is 6.58. The lowest BCUT2D eigenvalue weighted by Crippen LogP contribution is -2.20. The first kappa shape index (κ1) is 30.2. The van der Waals surface area contributed by atoms with E-state index in [0.29, 0.717) is 33.8 Å². The first-order valence-electron chi connectivity index (χ1n) is 13.7. The summed E-state index contributed by atoms with van der Waals surface area (Å²) in [5, 5.41) is 14.1. The fraction of sp³-hybridized carbons (Fsp3) is 0.242. The van der Waals surface area contributed by atoms with E-state index in [4.69, 9.17) is 5.73 Å². The van der Waals surface area contributed by atoms with E-state index in [1.54, 1.807) is 42.6 Å². The number of rotatable bonds is 9. The van der Waals surface area contributed by atoms with Gasteiger partial charge < -0.3 is 20.7 Å². The van der Waals surface area contributed by atoms with E-state index in [-0.39, 0.29) is 17.9 Å². The molecule has 2 aromatic heterocycles. The Morgan fingerprint density at radius 1 is 1.26 bits per heavy atom. The van der Waals surface area contributed by atoms with E-state index in [9.17, 15) is 9.90 Å². The molecule has 4 N–H and O–H groups in total. The Labute approximate surface area is 245 Å². The van der Waals surface area contributed by atoms with E-state index in [2.05, 4.69) is 28.6 Å². The molecular formula is C33H37FN6O2. The van der Waals surface area contributed by atoms with Crippen molar-refractivity contribution in [3.63, 3.8) is 0 Å². The van der Waals surface area contributed by atoms with Crippen molar-refractivity contribution in [2.24, 2.45) is 22.8 Å². The number of hydrogen-bond acceptors (Lipinski definition) is 5. The smallest absolute Gasteiger partial charge is 0.265 e. The normalized spacial score (nSPS) is 13.5. The first-order valence-corrected chi connectivity index (χ1v) is 13.7. The molecule has 218 valence electrons. The van der Waals surface area contributed by atoms with Gasteiger partial charge in [-0.25, -0.2) is 9.38 Å². The number of halogens is 1. The lowest BCUT2D eigenvalue weighted by molar-refractivity contribution is 0.281. The van der Waals surface area contributed by atoms with Crippen molar-refractivity contribution in [2.75, 3.05) is 12.0 Å². The molecule has 4 aromatic rings. The molecule has 0 spiro atoms. The molecule has 0 amide bonds. The second kappa shape index (κ2) is 13.3. The van der Waals surface area contributed by atoms with Gasteiger partial charge in [-0.1, -0.05) is 24.3 Å². The average molecular weight is 569 g/mol. The number of fused-ring (bicyclic) bond motifs is 1. The Bertz CT molecular complexity index is 1720. The van der Waals surface area contributed by atoms with Crippen LogP contribution in [0.2, 0.25) is 0 Å². The molecule has 42 heavy (non-hydrogen) atoms. The summed E-state index contributed by atoms with van der Waals surface area (Å²) in [6, 6.07) is 12.3. The molecular weight excluding hydrogens is 531 g/mol. The van der Waals surface area contributed by atoms with Crippen molar-refractivity contribution < 1.29 is 9.50 Å². The number of benzene rings is 2. The van der Waals surface area contributed by atoms with Crippen LogP contribution in [0.5, 0.6) is 0 Å². The number of nitrogens with one attached hydrogen (secondary N) is 1. The third-order valence-electron chi connectivity index (χ3n) is 7.13. The number of pyridine rings is 1. The molecule has 5 rings (SSSR count). The fourth-order valence-electron chi connectivity index (χ4n) is 4.79. The highest BCUT2D eigenvalue weighted by molar-refractivity contribution is 5.99. The molecule has 1 saturated carbocycles. The van der Waals surface area contributed by atoms with Crippen LogP contribution >= 0.6 is 0 Å². The molecule has 1 fully saturated rings. The summed E-state index contributed by atoms with van der Waals surface area (Å²) in [6.45, 7) is 10.8. The fourth-order valence-corrected chi connectivity index (χ4v) is 4.79. The van der Waals surface area contributed by atoms with E-state index in [1.165, 1.54) is 10.6 Å². The van der Waals surface area contributed by atoms with E-state index in [1.807, 2.05) is 43.8 Å². The number of hydrogen-bond donors (Lipinski definition) is 3. The highest BCUT2D eigenvalue weighted by Crippen LogP contribution is 2.41. The van der Waals surface area contributed by atoms with Crippen molar-refractivity contribution in [2.45, 2.75) is 39.2 Å². The first-order chi connectivity index (χ1) is 20.2. The van der Waals surface area contributed by atoms with Crippen LogP contribution in [0.25, 0.3) is 22.2 Å². The van der Waals surface area contributed by atoms with Crippen molar-refractivity contribution in [3.8, 4) is 5.69 Å². The maximum absolute atomic E-state index is 15.1. The zero-order valence-electron chi connectivity index (χ0n) is 24.3. The molecule has 9 heteroatoms. The van der Waals surface area contributed by atoms with Gasteiger partial charge >= 0.3 is 0 Å². The minimum atomic E-state index is -0.535. The number of nitrogens with zero attached hydrogens (tertiary/aromatic N) is 4. The quantitative estimate of drug-likeness (QED) is 0.135. The molecule has 0 aliphatic heterocycles. The Morgan fingerprint density at radius 3 is 2.62 bits per heavy atom. The molecule has 1 aliphatic rings. The maximum atomic E-state index is 15.1. The number of nitrogens with two attached hydrogens (primary N) is 1. The van der Waals surface area contributed by atoms with Gasteiger partial charge in [0, 0.05) is 42.3 Å². The van der Waals surface area contributed by atoms with Crippen molar-refractivity contribution in [1.82, 2.24) is 9.13 Å².